The Morgan fingerprint density at radius 3 is 2.79 bits per heavy atom. The van der Waals surface area contributed by atoms with Crippen LogP contribution in [-0.2, 0) is 6.42 Å². The van der Waals surface area contributed by atoms with Gasteiger partial charge in [0.15, 0.2) is 11.5 Å². The molecule has 14 heavy (non-hydrogen) atoms. The standard InChI is InChI=1S/C11H12FNO/c1-4-8-5-9-11(6(2)10(8)12)13-7(3)14-9/h5H,4H2,1-3H3. The Kier molecular flexibility index (Phi) is 2.02. The number of aryl methyl sites for hydroxylation is 3. The van der Waals surface area contributed by atoms with Crippen LogP contribution in [0, 0.1) is 19.7 Å². The molecule has 0 amide bonds. The predicted octanol–water partition coefficient (Wildman–Crippen LogP) is 3.15. The minimum atomic E-state index is -0.159. The van der Waals surface area contributed by atoms with Crippen molar-refractivity contribution in [3.05, 3.63) is 28.9 Å². The van der Waals surface area contributed by atoms with Gasteiger partial charge in [-0.25, -0.2) is 9.37 Å². The van der Waals surface area contributed by atoms with Gasteiger partial charge in [-0.05, 0) is 25.0 Å². The summed E-state index contributed by atoms with van der Waals surface area (Å²) in [5.41, 5.74) is 2.58. The molecule has 0 spiro atoms. The Balaban J connectivity index is 2.84. The summed E-state index contributed by atoms with van der Waals surface area (Å²) >= 11 is 0. The van der Waals surface area contributed by atoms with Crippen molar-refractivity contribution in [2.24, 2.45) is 0 Å². The predicted molar refractivity (Wildman–Crippen MR) is 52.8 cm³/mol. The maximum absolute atomic E-state index is 13.7. The maximum atomic E-state index is 13.7. The first kappa shape index (κ1) is 9.19. The van der Waals surface area contributed by atoms with Gasteiger partial charge in [0.05, 0.1) is 0 Å². The average molecular weight is 193 g/mol. The van der Waals surface area contributed by atoms with Crippen LogP contribution in [0.3, 0.4) is 0 Å². The monoisotopic (exact) mass is 193 g/mol. The van der Waals surface area contributed by atoms with E-state index in [9.17, 15) is 4.39 Å². The molecule has 0 N–H and O–H groups in total. The molecule has 0 bridgehead atoms. The molecule has 0 aliphatic rings. The van der Waals surface area contributed by atoms with Crippen LogP contribution in [-0.4, -0.2) is 4.98 Å². The highest BCUT2D eigenvalue weighted by molar-refractivity contribution is 5.77. The van der Waals surface area contributed by atoms with Crippen LogP contribution in [0.2, 0.25) is 0 Å². The van der Waals surface area contributed by atoms with E-state index in [1.165, 1.54) is 0 Å². The number of benzene rings is 1. The molecule has 2 aromatic rings. The van der Waals surface area contributed by atoms with Gasteiger partial charge in [0, 0.05) is 12.5 Å². The number of hydrogen-bond acceptors (Lipinski definition) is 2. The van der Waals surface area contributed by atoms with Crippen LogP contribution in [0.4, 0.5) is 4.39 Å². The normalized spacial score (nSPS) is 11.1. The molecule has 2 nitrogen and oxygen atoms in total. The highest BCUT2D eigenvalue weighted by atomic mass is 19.1. The Morgan fingerprint density at radius 2 is 2.14 bits per heavy atom. The summed E-state index contributed by atoms with van der Waals surface area (Å²) in [5, 5.41) is 0. The molecular formula is C11H12FNO. The Morgan fingerprint density at radius 1 is 1.43 bits per heavy atom. The summed E-state index contributed by atoms with van der Waals surface area (Å²) in [4.78, 5) is 4.14. The van der Waals surface area contributed by atoms with E-state index in [1.807, 2.05) is 6.92 Å². The first-order chi connectivity index (χ1) is 6.63. The van der Waals surface area contributed by atoms with Crippen molar-refractivity contribution in [2.45, 2.75) is 27.2 Å². The lowest BCUT2D eigenvalue weighted by atomic mass is 10.1. The van der Waals surface area contributed by atoms with E-state index in [2.05, 4.69) is 4.98 Å². The number of aromatic nitrogens is 1. The minimum absolute atomic E-state index is 0.159. The first-order valence-electron chi connectivity index (χ1n) is 4.68. The van der Waals surface area contributed by atoms with Crippen molar-refractivity contribution >= 4 is 11.1 Å². The van der Waals surface area contributed by atoms with Gasteiger partial charge in [0.1, 0.15) is 11.3 Å². The van der Waals surface area contributed by atoms with Crippen LogP contribution >= 0.6 is 0 Å². The molecule has 0 saturated heterocycles. The van der Waals surface area contributed by atoms with Crippen molar-refractivity contribution in [2.75, 3.05) is 0 Å². The number of fused-ring (bicyclic) bond motifs is 1. The molecule has 0 saturated carbocycles. The molecule has 0 atom stereocenters. The van der Waals surface area contributed by atoms with E-state index in [4.69, 9.17) is 4.42 Å². The summed E-state index contributed by atoms with van der Waals surface area (Å²) in [6.45, 7) is 5.43. The van der Waals surface area contributed by atoms with Crippen molar-refractivity contribution in [3.8, 4) is 0 Å². The van der Waals surface area contributed by atoms with E-state index in [1.54, 1.807) is 19.9 Å². The quantitative estimate of drug-likeness (QED) is 0.695. The van der Waals surface area contributed by atoms with E-state index in [0.29, 0.717) is 34.5 Å². The summed E-state index contributed by atoms with van der Waals surface area (Å²) in [6.07, 6.45) is 0.669. The second-order valence-electron chi connectivity index (χ2n) is 3.41. The summed E-state index contributed by atoms with van der Waals surface area (Å²) in [7, 11) is 0. The van der Waals surface area contributed by atoms with E-state index in [-0.39, 0.29) is 5.82 Å². The third-order valence-corrected chi connectivity index (χ3v) is 2.41. The minimum Gasteiger partial charge on any atom is -0.441 e. The summed E-state index contributed by atoms with van der Waals surface area (Å²) in [5.74, 6) is 0.420. The molecule has 0 fully saturated rings. The van der Waals surface area contributed by atoms with Crippen LogP contribution in [0.5, 0.6) is 0 Å². The molecule has 74 valence electrons. The second-order valence-corrected chi connectivity index (χ2v) is 3.41. The van der Waals surface area contributed by atoms with Crippen molar-refractivity contribution in [1.29, 1.82) is 0 Å². The fourth-order valence-corrected chi connectivity index (χ4v) is 1.63. The van der Waals surface area contributed by atoms with Crippen LogP contribution in [0.1, 0.15) is 23.9 Å². The fourth-order valence-electron chi connectivity index (χ4n) is 1.63. The van der Waals surface area contributed by atoms with Crippen molar-refractivity contribution in [3.63, 3.8) is 0 Å². The molecule has 0 unspecified atom stereocenters. The van der Waals surface area contributed by atoms with Gasteiger partial charge in [-0.2, -0.15) is 0 Å². The Hall–Kier alpha value is -1.38. The molecule has 1 aromatic heterocycles. The molecule has 1 aromatic carbocycles. The van der Waals surface area contributed by atoms with Gasteiger partial charge in [-0.15, -0.1) is 0 Å². The zero-order valence-electron chi connectivity index (χ0n) is 8.52. The molecular weight excluding hydrogens is 181 g/mol. The molecule has 3 heteroatoms. The number of rotatable bonds is 1. The van der Waals surface area contributed by atoms with Gasteiger partial charge in [0.25, 0.3) is 0 Å². The van der Waals surface area contributed by atoms with Crippen LogP contribution < -0.4 is 0 Å². The lowest BCUT2D eigenvalue weighted by Crippen LogP contribution is -1.92. The highest BCUT2D eigenvalue weighted by Crippen LogP contribution is 2.24. The Bertz CT molecular complexity index is 487. The third kappa shape index (κ3) is 1.20. The zero-order valence-corrected chi connectivity index (χ0v) is 8.52. The summed E-state index contributed by atoms with van der Waals surface area (Å²) < 4.78 is 19.0. The third-order valence-electron chi connectivity index (χ3n) is 2.41. The lowest BCUT2D eigenvalue weighted by molar-refractivity contribution is 0.559. The van der Waals surface area contributed by atoms with Crippen LogP contribution in [0.25, 0.3) is 11.1 Å². The number of hydrogen-bond donors (Lipinski definition) is 0. The highest BCUT2D eigenvalue weighted by Gasteiger charge is 2.12. The van der Waals surface area contributed by atoms with Gasteiger partial charge in [0.2, 0.25) is 0 Å². The zero-order chi connectivity index (χ0) is 10.3. The van der Waals surface area contributed by atoms with Gasteiger partial charge in [-0.3, -0.25) is 0 Å². The molecule has 0 radical (unpaired) electrons. The molecule has 2 rings (SSSR count). The van der Waals surface area contributed by atoms with E-state index in [0.717, 1.165) is 0 Å². The van der Waals surface area contributed by atoms with Crippen molar-refractivity contribution < 1.29 is 8.81 Å². The maximum Gasteiger partial charge on any atom is 0.192 e. The van der Waals surface area contributed by atoms with Crippen LogP contribution in [0.15, 0.2) is 10.5 Å². The molecule has 1 heterocycles. The number of nitrogens with zero attached hydrogens (tertiary/aromatic N) is 1. The largest absolute Gasteiger partial charge is 0.441 e. The summed E-state index contributed by atoms with van der Waals surface area (Å²) in [6, 6.07) is 1.73. The van der Waals surface area contributed by atoms with Crippen molar-refractivity contribution in [1.82, 2.24) is 4.98 Å². The second kappa shape index (κ2) is 3.08. The smallest absolute Gasteiger partial charge is 0.192 e. The van der Waals surface area contributed by atoms with E-state index < -0.39 is 0 Å². The Labute approximate surface area is 81.8 Å². The topological polar surface area (TPSA) is 26.0 Å². The van der Waals surface area contributed by atoms with E-state index >= 15 is 0 Å². The number of oxazole rings is 1. The fraction of sp³-hybridized carbons (Fsp3) is 0.364. The van der Waals surface area contributed by atoms with Gasteiger partial charge < -0.3 is 4.42 Å². The molecule has 0 aliphatic heterocycles. The SMILES string of the molecule is CCc1cc2oc(C)nc2c(C)c1F. The van der Waals surface area contributed by atoms with Gasteiger partial charge >= 0.3 is 0 Å². The van der Waals surface area contributed by atoms with Gasteiger partial charge in [-0.1, -0.05) is 6.92 Å². The number of halogens is 1. The average Bonchev–Trinajstić information content (AvgIpc) is 2.52. The molecule has 0 aliphatic carbocycles. The lowest BCUT2D eigenvalue weighted by Gasteiger charge is -2.02. The first-order valence-corrected chi connectivity index (χ1v) is 4.68.